The van der Waals surface area contributed by atoms with Crippen LogP contribution in [0, 0.1) is 17.0 Å². The fourth-order valence-electron chi connectivity index (χ4n) is 1.28. The third-order valence-corrected chi connectivity index (χ3v) is 2.90. The van der Waals surface area contributed by atoms with Crippen molar-refractivity contribution in [1.82, 2.24) is 9.97 Å². The molecule has 0 amide bonds. The highest BCUT2D eigenvalue weighted by Crippen LogP contribution is 2.13. The van der Waals surface area contributed by atoms with E-state index in [1.54, 1.807) is 17.4 Å². The molecule has 6 nitrogen and oxygen atoms in total. The van der Waals surface area contributed by atoms with Crippen molar-refractivity contribution in [2.75, 3.05) is 5.32 Å². The maximum Gasteiger partial charge on any atom is 0.363 e. The summed E-state index contributed by atoms with van der Waals surface area (Å²) in [7, 11) is 0. The van der Waals surface area contributed by atoms with Crippen LogP contribution in [0.2, 0.25) is 0 Å². The van der Waals surface area contributed by atoms with Gasteiger partial charge in [-0.3, -0.25) is 0 Å². The van der Waals surface area contributed by atoms with Gasteiger partial charge in [0, 0.05) is 11.4 Å². The van der Waals surface area contributed by atoms with Crippen LogP contribution in [0.4, 0.5) is 11.5 Å². The summed E-state index contributed by atoms with van der Waals surface area (Å²) in [4.78, 5) is 17.9. The third kappa shape index (κ3) is 2.97. The van der Waals surface area contributed by atoms with Gasteiger partial charge in [0.1, 0.15) is 0 Å². The van der Waals surface area contributed by atoms with Gasteiger partial charge in [-0.15, -0.1) is 11.3 Å². The lowest BCUT2D eigenvalue weighted by molar-refractivity contribution is -0.389. The minimum atomic E-state index is -0.520. The molecule has 88 valence electrons. The van der Waals surface area contributed by atoms with E-state index in [1.807, 2.05) is 12.3 Å². The van der Waals surface area contributed by atoms with Gasteiger partial charge in [-0.25, -0.2) is 4.98 Å². The average Bonchev–Trinajstić information content (AvgIpc) is 2.73. The number of aryl methyl sites for hydroxylation is 1. The van der Waals surface area contributed by atoms with Gasteiger partial charge in [0.25, 0.3) is 0 Å². The van der Waals surface area contributed by atoms with Crippen LogP contribution in [-0.4, -0.2) is 14.9 Å². The zero-order valence-corrected chi connectivity index (χ0v) is 9.90. The van der Waals surface area contributed by atoms with E-state index >= 15 is 0 Å². The smallest absolute Gasteiger partial charge is 0.363 e. The lowest BCUT2D eigenvalue weighted by Gasteiger charge is -2.01. The number of nitrogens with zero attached hydrogens (tertiary/aromatic N) is 3. The second-order valence-corrected chi connectivity index (χ2v) is 4.44. The first-order valence-corrected chi connectivity index (χ1v) is 5.78. The maximum atomic E-state index is 10.4. The van der Waals surface area contributed by atoms with Crippen molar-refractivity contribution < 1.29 is 4.92 Å². The number of hydrogen-bond acceptors (Lipinski definition) is 6. The minimum Gasteiger partial charge on any atom is -0.376 e. The molecule has 2 heterocycles. The molecule has 0 saturated carbocycles. The molecule has 0 aliphatic carbocycles. The Kier molecular flexibility index (Phi) is 3.29. The molecule has 7 heteroatoms. The Hall–Kier alpha value is -2.02. The summed E-state index contributed by atoms with van der Waals surface area (Å²) in [5, 5.41) is 16.5. The Labute approximate surface area is 102 Å². The normalized spacial score (nSPS) is 10.2. The van der Waals surface area contributed by atoms with Crippen LogP contribution in [0.25, 0.3) is 0 Å². The fraction of sp³-hybridized carbons (Fsp3) is 0.200. The first-order chi connectivity index (χ1) is 8.15. The highest BCUT2D eigenvalue weighted by atomic mass is 32.1. The van der Waals surface area contributed by atoms with E-state index in [4.69, 9.17) is 0 Å². The van der Waals surface area contributed by atoms with Crippen LogP contribution in [-0.2, 0) is 6.54 Å². The minimum absolute atomic E-state index is 0.153. The highest BCUT2D eigenvalue weighted by molar-refractivity contribution is 7.09. The molecule has 0 saturated heterocycles. The van der Waals surface area contributed by atoms with Crippen LogP contribution in [0.15, 0.2) is 23.7 Å². The highest BCUT2D eigenvalue weighted by Gasteiger charge is 2.06. The van der Waals surface area contributed by atoms with Crippen molar-refractivity contribution in [2.45, 2.75) is 13.5 Å². The Balaban J connectivity index is 1.97. The SMILES string of the molecule is Cc1nc(CNc2ccc([N+](=O)[O-])nc2)cs1. The third-order valence-electron chi connectivity index (χ3n) is 2.08. The van der Waals surface area contributed by atoms with E-state index in [-0.39, 0.29) is 5.82 Å². The lowest BCUT2D eigenvalue weighted by atomic mass is 10.4. The van der Waals surface area contributed by atoms with Gasteiger partial charge < -0.3 is 15.4 Å². The first kappa shape index (κ1) is 11.5. The van der Waals surface area contributed by atoms with Crippen LogP contribution >= 0.6 is 11.3 Å². The zero-order chi connectivity index (χ0) is 12.3. The molecule has 0 aliphatic heterocycles. The number of nitrogens with one attached hydrogen (secondary N) is 1. The summed E-state index contributed by atoms with van der Waals surface area (Å²) in [5.74, 6) is -0.153. The first-order valence-electron chi connectivity index (χ1n) is 4.90. The molecule has 2 aromatic heterocycles. The second-order valence-electron chi connectivity index (χ2n) is 3.37. The molecule has 0 aliphatic rings. The van der Waals surface area contributed by atoms with Crippen molar-refractivity contribution in [3.8, 4) is 0 Å². The van der Waals surface area contributed by atoms with Gasteiger partial charge in [-0.1, -0.05) is 0 Å². The quantitative estimate of drug-likeness (QED) is 0.665. The van der Waals surface area contributed by atoms with E-state index in [0.717, 1.165) is 16.4 Å². The van der Waals surface area contributed by atoms with Crippen LogP contribution in [0.1, 0.15) is 10.7 Å². The Morgan fingerprint density at radius 1 is 1.53 bits per heavy atom. The second kappa shape index (κ2) is 4.88. The number of nitro groups is 1. The molecule has 0 atom stereocenters. The fourth-order valence-corrected chi connectivity index (χ4v) is 1.89. The van der Waals surface area contributed by atoms with Gasteiger partial charge in [-0.2, -0.15) is 0 Å². The molecule has 0 bridgehead atoms. The molecule has 0 unspecified atom stereocenters. The number of anilines is 1. The molecule has 0 radical (unpaired) electrons. The van der Waals surface area contributed by atoms with Crippen LogP contribution in [0.5, 0.6) is 0 Å². The molecule has 1 N–H and O–H groups in total. The number of pyridine rings is 1. The number of hydrogen-bond donors (Lipinski definition) is 1. The van der Waals surface area contributed by atoms with Crippen molar-refractivity contribution in [3.05, 3.63) is 44.5 Å². The van der Waals surface area contributed by atoms with Gasteiger partial charge in [0.05, 0.1) is 22.9 Å². The summed E-state index contributed by atoms with van der Waals surface area (Å²) in [6, 6.07) is 3.00. The zero-order valence-electron chi connectivity index (χ0n) is 9.08. The molecule has 2 aromatic rings. The predicted molar refractivity (Wildman–Crippen MR) is 65.1 cm³/mol. The number of thiazole rings is 1. The van der Waals surface area contributed by atoms with E-state index in [9.17, 15) is 10.1 Å². The molecular weight excluding hydrogens is 240 g/mol. The number of aromatic nitrogens is 2. The van der Waals surface area contributed by atoms with Gasteiger partial charge in [0.15, 0.2) is 6.20 Å². The molecule has 0 aromatic carbocycles. The lowest BCUT2D eigenvalue weighted by Crippen LogP contribution is -2.00. The monoisotopic (exact) mass is 250 g/mol. The average molecular weight is 250 g/mol. The van der Waals surface area contributed by atoms with Crippen LogP contribution < -0.4 is 5.32 Å². The van der Waals surface area contributed by atoms with E-state index in [2.05, 4.69) is 15.3 Å². The van der Waals surface area contributed by atoms with E-state index < -0.39 is 4.92 Å². The molecule has 2 rings (SSSR count). The van der Waals surface area contributed by atoms with Crippen molar-refractivity contribution in [3.63, 3.8) is 0 Å². The standard InChI is InChI=1S/C10H10N4O2S/c1-7-13-9(6-17-7)5-11-8-2-3-10(12-4-8)14(15)16/h2-4,6,11H,5H2,1H3. The largest absolute Gasteiger partial charge is 0.376 e. The summed E-state index contributed by atoms with van der Waals surface area (Å²) in [6.07, 6.45) is 1.44. The van der Waals surface area contributed by atoms with E-state index in [1.165, 1.54) is 12.3 Å². The van der Waals surface area contributed by atoms with Crippen LogP contribution in [0.3, 0.4) is 0 Å². The molecule has 17 heavy (non-hydrogen) atoms. The maximum absolute atomic E-state index is 10.4. The van der Waals surface area contributed by atoms with Crippen molar-refractivity contribution >= 4 is 22.8 Å². The summed E-state index contributed by atoms with van der Waals surface area (Å²) < 4.78 is 0. The van der Waals surface area contributed by atoms with Crippen molar-refractivity contribution in [2.24, 2.45) is 0 Å². The summed E-state index contributed by atoms with van der Waals surface area (Å²) in [5.41, 5.74) is 1.69. The Morgan fingerprint density at radius 3 is 2.88 bits per heavy atom. The molecule has 0 fully saturated rings. The summed E-state index contributed by atoms with van der Waals surface area (Å²) >= 11 is 1.59. The van der Waals surface area contributed by atoms with Crippen molar-refractivity contribution in [1.29, 1.82) is 0 Å². The summed E-state index contributed by atoms with van der Waals surface area (Å²) in [6.45, 7) is 2.53. The molecular formula is C10H10N4O2S. The van der Waals surface area contributed by atoms with E-state index in [0.29, 0.717) is 6.54 Å². The predicted octanol–water partition coefficient (Wildman–Crippen LogP) is 2.37. The topological polar surface area (TPSA) is 81.0 Å². The Bertz CT molecular complexity index is 523. The Morgan fingerprint density at radius 2 is 2.35 bits per heavy atom. The molecule has 0 spiro atoms. The van der Waals surface area contributed by atoms with Gasteiger partial charge in [-0.05, 0) is 22.9 Å². The van der Waals surface area contributed by atoms with Gasteiger partial charge >= 0.3 is 5.82 Å². The van der Waals surface area contributed by atoms with Gasteiger partial charge in [0.2, 0.25) is 0 Å². The number of rotatable bonds is 4.